The Morgan fingerprint density at radius 3 is 2.47 bits per heavy atom. The smallest absolute Gasteiger partial charge is 0.324 e. The van der Waals surface area contributed by atoms with Gasteiger partial charge >= 0.3 is 5.97 Å². The summed E-state index contributed by atoms with van der Waals surface area (Å²) in [5.41, 5.74) is 13.5. The highest BCUT2D eigenvalue weighted by atomic mass is 16.5. The average molecular weight is 1010 g/mol. The molecule has 2 amide bonds. The molecule has 0 unspecified atom stereocenters. The molecule has 6 atom stereocenters. The number of hydrogen-bond donors (Lipinski definition) is 2. The van der Waals surface area contributed by atoms with E-state index in [4.69, 9.17) is 19.2 Å². The van der Waals surface area contributed by atoms with E-state index >= 15 is 0 Å². The molecule has 74 heavy (non-hydrogen) atoms. The van der Waals surface area contributed by atoms with Gasteiger partial charge in [0.1, 0.15) is 6.04 Å². The van der Waals surface area contributed by atoms with Gasteiger partial charge in [0, 0.05) is 93.9 Å². The number of methoxy groups -OCH3 is 1. The largest absolute Gasteiger partial charge is 0.464 e. The first-order valence-electron chi connectivity index (χ1n) is 27.2. The third kappa shape index (κ3) is 11.6. The molecule has 3 saturated heterocycles. The minimum atomic E-state index is -0.695. The summed E-state index contributed by atoms with van der Waals surface area (Å²) in [4.78, 5) is 55.5. The number of piperazine rings is 1. The number of rotatable bonds is 13. The van der Waals surface area contributed by atoms with Crippen molar-refractivity contribution in [1.82, 2.24) is 35.1 Å². The number of carbonyl (C=O) groups is 3. The molecule has 396 valence electrons. The molecular weight excluding hydrogens is 929 g/mol. The Morgan fingerprint density at radius 1 is 0.959 bits per heavy atom. The summed E-state index contributed by atoms with van der Waals surface area (Å²) in [6.45, 7) is 19.3. The number of anilines is 1. The number of aryl methyl sites for hydroxylation is 1. The second kappa shape index (κ2) is 23.1. The van der Waals surface area contributed by atoms with Crippen LogP contribution in [0.2, 0.25) is 0 Å². The second-order valence-corrected chi connectivity index (χ2v) is 22.6. The van der Waals surface area contributed by atoms with Crippen LogP contribution in [0, 0.1) is 17.3 Å². The summed E-state index contributed by atoms with van der Waals surface area (Å²) in [5, 5.41) is 5.98. The molecule has 0 spiro atoms. The van der Waals surface area contributed by atoms with E-state index in [2.05, 4.69) is 151 Å². The summed E-state index contributed by atoms with van der Waals surface area (Å²) in [7, 11) is 5.91. The molecule has 4 aliphatic rings. The Hall–Kier alpha value is -5.64. The quantitative estimate of drug-likeness (QED) is 0.111. The average Bonchev–Trinajstić information content (AvgIpc) is 4.00. The maximum atomic E-state index is 14.9. The maximum absolute atomic E-state index is 14.9. The van der Waals surface area contributed by atoms with Gasteiger partial charge in [-0.15, -0.1) is 0 Å². The zero-order valence-corrected chi connectivity index (χ0v) is 45.4. The Balaban J connectivity index is 1.07. The second-order valence-electron chi connectivity index (χ2n) is 22.6. The minimum Gasteiger partial charge on any atom is -0.464 e. The van der Waals surface area contributed by atoms with Crippen LogP contribution in [-0.2, 0) is 48.0 Å². The maximum Gasteiger partial charge on any atom is 0.324 e. The zero-order valence-electron chi connectivity index (χ0n) is 45.4. The van der Waals surface area contributed by atoms with Gasteiger partial charge in [-0.25, -0.2) is 5.43 Å². The van der Waals surface area contributed by atoms with E-state index in [1.54, 1.807) is 12.1 Å². The van der Waals surface area contributed by atoms with Crippen molar-refractivity contribution in [1.29, 1.82) is 0 Å². The van der Waals surface area contributed by atoms with Crippen LogP contribution in [0.5, 0.6) is 0 Å². The number of nitrogens with zero attached hydrogens (tertiary/aromatic N) is 6. The number of cyclic esters (lactones) is 1. The molecule has 0 radical (unpaired) electrons. The lowest BCUT2D eigenvalue weighted by atomic mass is 9.84. The summed E-state index contributed by atoms with van der Waals surface area (Å²) in [6, 6.07) is 26.9. The Kier molecular flexibility index (Phi) is 16.6. The SMILES string of the molecule is CCn1c(-c2cc(N3CCN(C)CC3)cnc2[C@H](C)OC)c2c3cc(ccc31)-c1cccc(c1)C[C@H](CNC(=O)[C@H](C(C)C)N(C)C[C@@H]1OCC[C@@H]1c1ccccc1)C(=O)N1CCC[C@H](N1)C(=O)OCC(C)(C)C2. The van der Waals surface area contributed by atoms with E-state index in [0.717, 1.165) is 89.4 Å². The summed E-state index contributed by atoms with van der Waals surface area (Å²) in [5.74, 6) is -1.04. The molecule has 3 aromatic carbocycles. The number of nitrogens with one attached hydrogen (secondary N) is 2. The number of amides is 2. The molecule has 0 saturated carbocycles. The number of aromatic nitrogens is 2. The molecule has 2 aromatic heterocycles. The van der Waals surface area contributed by atoms with E-state index in [0.29, 0.717) is 45.4 Å². The van der Waals surface area contributed by atoms with Gasteiger partial charge in [0.05, 0.1) is 54.0 Å². The van der Waals surface area contributed by atoms with E-state index < -0.39 is 23.4 Å². The number of carbonyl (C=O) groups excluding carboxylic acids is 3. The predicted molar refractivity (Wildman–Crippen MR) is 293 cm³/mol. The number of hydrazine groups is 1. The number of benzene rings is 3. The van der Waals surface area contributed by atoms with Gasteiger partial charge in [-0.2, -0.15) is 0 Å². The van der Waals surface area contributed by atoms with Crippen LogP contribution >= 0.6 is 0 Å². The van der Waals surface area contributed by atoms with Gasteiger partial charge in [-0.05, 0) is 112 Å². The lowest BCUT2D eigenvalue weighted by Gasteiger charge is -2.36. The molecular formula is C60H80N8O6. The van der Waals surface area contributed by atoms with Crippen LogP contribution in [0.3, 0.4) is 0 Å². The molecule has 0 aliphatic carbocycles. The van der Waals surface area contributed by atoms with E-state index in [1.807, 2.05) is 19.3 Å². The molecule has 9 rings (SSSR count). The fourth-order valence-corrected chi connectivity index (χ4v) is 12.0. The lowest BCUT2D eigenvalue weighted by molar-refractivity contribution is -0.155. The molecule has 6 heterocycles. The minimum absolute atomic E-state index is 0.00203. The van der Waals surface area contributed by atoms with Gasteiger partial charge < -0.3 is 33.9 Å². The van der Waals surface area contributed by atoms with Crippen molar-refractivity contribution < 1.29 is 28.6 Å². The van der Waals surface area contributed by atoms with Crippen molar-refractivity contribution >= 4 is 34.4 Å². The first-order valence-corrected chi connectivity index (χ1v) is 27.2. The van der Waals surface area contributed by atoms with Crippen LogP contribution in [0.4, 0.5) is 5.69 Å². The number of esters is 1. The van der Waals surface area contributed by atoms with Gasteiger partial charge in [-0.1, -0.05) is 88.4 Å². The molecule has 14 heteroatoms. The Labute approximate surface area is 439 Å². The number of fused-ring (bicyclic) bond motifs is 6. The Bertz CT molecular complexity index is 2770. The third-order valence-corrected chi connectivity index (χ3v) is 16.1. The monoisotopic (exact) mass is 1010 g/mol. The highest BCUT2D eigenvalue weighted by Crippen LogP contribution is 2.43. The van der Waals surface area contributed by atoms with Crippen LogP contribution < -0.4 is 15.6 Å². The molecule has 4 aliphatic heterocycles. The van der Waals surface area contributed by atoms with Crippen molar-refractivity contribution in [3.63, 3.8) is 0 Å². The van der Waals surface area contributed by atoms with Gasteiger partial charge in [0.15, 0.2) is 0 Å². The zero-order chi connectivity index (χ0) is 52.3. The van der Waals surface area contributed by atoms with E-state index in [9.17, 15) is 14.4 Å². The van der Waals surface area contributed by atoms with Crippen molar-refractivity contribution in [2.75, 3.05) is 85.1 Å². The summed E-state index contributed by atoms with van der Waals surface area (Å²) in [6.07, 6.45) is 4.82. The van der Waals surface area contributed by atoms with Gasteiger partial charge in [0.2, 0.25) is 11.8 Å². The molecule has 3 fully saturated rings. The van der Waals surface area contributed by atoms with Crippen molar-refractivity contribution in [2.45, 2.75) is 110 Å². The highest BCUT2D eigenvalue weighted by molar-refractivity contribution is 5.96. The first kappa shape index (κ1) is 53.2. The summed E-state index contributed by atoms with van der Waals surface area (Å²) >= 11 is 0. The van der Waals surface area contributed by atoms with Crippen LogP contribution in [-0.4, -0.2) is 141 Å². The van der Waals surface area contributed by atoms with Crippen LogP contribution in [0.25, 0.3) is 33.3 Å². The van der Waals surface area contributed by atoms with Crippen LogP contribution in [0.15, 0.2) is 85.1 Å². The Morgan fingerprint density at radius 2 is 1.73 bits per heavy atom. The van der Waals surface area contributed by atoms with Crippen molar-refractivity contribution in [3.05, 3.63) is 107 Å². The van der Waals surface area contributed by atoms with Crippen molar-refractivity contribution in [2.24, 2.45) is 17.3 Å². The molecule has 6 bridgehead atoms. The lowest BCUT2D eigenvalue weighted by Crippen LogP contribution is -2.58. The number of ether oxygens (including phenoxy) is 3. The number of hydrogen-bond acceptors (Lipinski definition) is 11. The summed E-state index contributed by atoms with van der Waals surface area (Å²) < 4.78 is 21.0. The van der Waals surface area contributed by atoms with Gasteiger partial charge in [0.25, 0.3) is 0 Å². The fraction of sp³-hybridized carbons (Fsp3) is 0.533. The molecule has 2 N–H and O–H groups in total. The first-order chi connectivity index (χ1) is 35.6. The number of pyridine rings is 1. The molecule has 5 aromatic rings. The van der Waals surface area contributed by atoms with E-state index in [1.165, 1.54) is 11.1 Å². The molecule has 14 nitrogen and oxygen atoms in total. The predicted octanol–water partition coefficient (Wildman–Crippen LogP) is 8.27. The normalized spacial score (nSPS) is 22.7. The third-order valence-electron chi connectivity index (χ3n) is 16.1. The van der Waals surface area contributed by atoms with Crippen LogP contribution in [0.1, 0.15) is 95.2 Å². The van der Waals surface area contributed by atoms with Crippen molar-refractivity contribution in [3.8, 4) is 22.4 Å². The van der Waals surface area contributed by atoms with E-state index in [-0.39, 0.29) is 55.0 Å². The highest BCUT2D eigenvalue weighted by Gasteiger charge is 2.38. The fourth-order valence-electron chi connectivity index (χ4n) is 12.0. The number of likely N-dealkylation sites (N-methyl/N-ethyl adjacent to an activating group) is 2. The topological polar surface area (TPSA) is 134 Å². The standard InChI is InChI=1S/C60H80N8O6/c1-10-67-52-22-21-44-32-48(52)50(56(67)49-33-46(36-61-54(49)40(4)72-9)66-27-25-64(7)26-28-66)34-60(5,6)38-74-59(71)51-20-15-24-68(63-51)58(70)45(31-41-16-14-19-43(44)30-41)35-62-57(69)55(39(2)3)65(8)37-53-47(23-29-73-53)42-17-12-11-13-18-42/h11-14,16-19,21-22,30,32-33,36,39-40,45,47,51,53,55,63H,10,15,20,23-29,31,34-35,37-38H2,1-9H3,(H,62,69)/t40-,45+,47+,51-,53-,55-/m0/s1. The van der Waals surface area contributed by atoms with Gasteiger partial charge in [-0.3, -0.25) is 29.3 Å².